The average Bonchev–Trinajstić information content (AvgIpc) is 2.24. The number of nitrogens with two attached hydrogens (primary N) is 1. The first-order valence-electron chi connectivity index (χ1n) is 5.61. The van der Waals surface area contributed by atoms with Crippen molar-refractivity contribution in [2.24, 2.45) is 5.73 Å². The molecule has 1 aromatic carbocycles. The van der Waals surface area contributed by atoms with Crippen LogP contribution in [0.4, 0.5) is 0 Å². The first-order valence-corrected chi connectivity index (χ1v) is 6.36. The van der Waals surface area contributed by atoms with Crippen LogP contribution in [0.25, 0.3) is 0 Å². The smallest absolute Gasteiger partial charge is 0.0623 e. The standard InChI is InChI=1S/C13H19Cl2NO/c1-13(2,17-3)5-4-12(16)9-6-10(14)8-11(15)7-9/h6-8,12H,4-5,16H2,1-3H3. The van der Waals surface area contributed by atoms with E-state index in [1.165, 1.54) is 0 Å². The van der Waals surface area contributed by atoms with Crippen molar-refractivity contribution in [1.82, 2.24) is 0 Å². The summed E-state index contributed by atoms with van der Waals surface area (Å²) in [5.74, 6) is 0. The summed E-state index contributed by atoms with van der Waals surface area (Å²) in [6.45, 7) is 4.09. The number of benzene rings is 1. The van der Waals surface area contributed by atoms with Crippen LogP contribution in [0.1, 0.15) is 38.3 Å². The van der Waals surface area contributed by atoms with Gasteiger partial charge in [0.05, 0.1) is 5.60 Å². The van der Waals surface area contributed by atoms with Crippen LogP contribution in [0.15, 0.2) is 18.2 Å². The summed E-state index contributed by atoms with van der Waals surface area (Å²) in [6.07, 6.45) is 1.71. The van der Waals surface area contributed by atoms with Crippen LogP contribution in [-0.2, 0) is 4.74 Å². The minimum Gasteiger partial charge on any atom is -0.379 e. The maximum absolute atomic E-state index is 6.12. The maximum atomic E-state index is 6.12. The SMILES string of the molecule is COC(C)(C)CCC(N)c1cc(Cl)cc(Cl)c1. The van der Waals surface area contributed by atoms with Crippen molar-refractivity contribution < 1.29 is 4.74 Å². The fraction of sp³-hybridized carbons (Fsp3) is 0.538. The van der Waals surface area contributed by atoms with Gasteiger partial charge in [0.2, 0.25) is 0 Å². The van der Waals surface area contributed by atoms with E-state index in [9.17, 15) is 0 Å². The second-order valence-corrected chi connectivity index (χ2v) is 5.68. The summed E-state index contributed by atoms with van der Waals surface area (Å²) in [6, 6.07) is 5.36. The molecule has 1 rings (SSSR count). The average molecular weight is 276 g/mol. The lowest BCUT2D eigenvalue weighted by Gasteiger charge is -2.24. The first kappa shape index (κ1) is 14.8. The van der Waals surface area contributed by atoms with Crippen LogP contribution < -0.4 is 5.73 Å². The minimum atomic E-state index is -0.153. The Bertz CT molecular complexity index is 359. The third kappa shape index (κ3) is 4.84. The van der Waals surface area contributed by atoms with Gasteiger partial charge >= 0.3 is 0 Å². The zero-order valence-corrected chi connectivity index (χ0v) is 12.0. The van der Waals surface area contributed by atoms with Crippen molar-refractivity contribution >= 4 is 23.2 Å². The summed E-state index contributed by atoms with van der Waals surface area (Å²) in [7, 11) is 1.71. The fourth-order valence-electron chi connectivity index (χ4n) is 1.56. The molecule has 0 bridgehead atoms. The van der Waals surface area contributed by atoms with E-state index in [1.54, 1.807) is 13.2 Å². The van der Waals surface area contributed by atoms with Crippen LogP contribution in [0.3, 0.4) is 0 Å². The molecule has 0 heterocycles. The molecular formula is C13H19Cl2NO. The minimum absolute atomic E-state index is 0.0689. The van der Waals surface area contributed by atoms with Gasteiger partial charge in [-0.15, -0.1) is 0 Å². The van der Waals surface area contributed by atoms with Gasteiger partial charge in [0.15, 0.2) is 0 Å². The summed E-state index contributed by atoms with van der Waals surface area (Å²) >= 11 is 11.9. The van der Waals surface area contributed by atoms with Gasteiger partial charge in [-0.2, -0.15) is 0 Å². The second-order valence-electron chi connectivity index (χ2n) is 4.81. The summed E-state index contributed by atoms with van der Waals surface area (Å²) < 4.78 is 5.36. The third-order valence-electron chi connectivity index (χ3n) is 2.92. The van der Waals surface area contributed by atoms with Crippen LogP contribution in [0.5, 0.6) is 0 Å². The van der Waals surface area contributed by atoms with Gasteiger partial charge < -0.3 is 10.5 Å². The van der Waals surface area contributed by atoms with E-state index in [-0.39, 0.29) is 11.6 Å². The molecule has 96 valence electrons. The number of hydrogen-bond donors (Lipinski definition) is 1. The predicted octanol–water partition coefficient (Wildman–Crippen LogP) is 4.20. The molecule has 0 aliphatic heterocycles. The van der Waals surface area contributed by atoms with Gasteiger partial charge in [-0.3, -0.25) is 0 Å². The van der Waals surface area contributed by atoms with Crippen LogP contribution in [0, 0.1) is 0 Å². The molecule has 0 aliphatic rings. The molecule has 1 unspecified atom stereocenters. The lowest BCUT2D eigenvalue weighted by atomic mass is 9.95. The molecule has 0 aliphatic carbocycles. The molecule has 17 heavy (non-hydrogen) atoms. The molecule has 0 aromatic heterocycles. The first-order chi connectivity index (χ1) is 7.84. The van der Waals surface area contributed by atoms with Crippen molar-refractivity contribution in [3.05, 3.63) is 33.8 Å². The van der Waals surface area contributed by atoms with E-state index >= 15 is 0 Å². The van der Waals surface area contributed by atoms with Crippen molar-refractivity contribution in [2.45, 2.75) is 38.3 Å². The summed E-state index contributed by atoms with van der Waals surface area (Å²) in [5, 5.41) is 1.24. The topological polar surface area (TPSA) is 35.2 Å². The molecule has 0 saturated carbocycles. The second kappa shape index (κ2) is 6.05. The molecule has 0 spiro atoms. The van der Waals surface area contributed by atoms with Gasteiger partial charge in [-0.05, 0) is 50.5 Å². The summed E-state index contributed by atoms with van der Waals surface area (Å²) in [5.41, 5.74) is 6.94. The van der Waals surface area contributed by atoms with E-state index in [1.807, 2.05) is 26.0 Å². The predicted molar refractivity (Wildman–Crippen MR) is 73.7 cm³/mol. The van der Waals surface area contributed by atoms with Crippen LogP contribution in [-0.4, -0.2) is 12.7 Å². The normalized spacial score (nSPS) is 13.8. The monoisotopic (exact) mass is 275 g/mol. The van der Waals surface area contributed by atoms with E-state index < -0.39 is 0 Å². The van der Waals surface area contributed by atoms with Gasteiger partial charge in [-0.25, -0.2) is 0 Å². The molecule has 0 fully saturated rings. The molecule has 2 nitrogen and oxygen atoms in total. The Morgan fingerprint density at radius 1 is 1.24 bits per heavy atom. The molecule has 1 atom stereocenters. The van der Waals surface area contributed by atoms with Gasteiger partial charge in [0, 0.05) is 23.2 Å². The van der Waals surface area contributed by atoms with E-state index in [0.717, 1.165) is 18.4 Å². The highest BCUT2D eigenvalue weighted by Crippen LogP contribution is 2.27. The molecule has 0 saturated heterocycles. The molecule has 1 aromatic rings. The quantitative estimate of drug-likeness (QED) is 0.874. The van der Waals surface area contributed by atoms with Crippen LogP contribution >= 0.6 is 23.2 Å². The Labute approximate surface area is 113 Å². The number of rotatable bonds is 5. The highest BCUT2D eigenvalue weighted by Gasteiger charge is 2.18. The van der Waals surface area contributed by atoms with Gasteiger partial charge in [0.1, 0.15) is 0 Å². The van der Waals surface area contributed by atoms with Crippen LogP contribution in [0.2, 0.25) is 10.0 Å². The Morgan fingerprint density at radius 3 is 2.24 bits per heavy atom. The van der Waals surface area contributed by atoms with Crippen molar-refractivity contribution in [2.75, 3.05) is 7.11 Å². The number of methoxy groups -OCH3 is 1. The lowest BCUT2D eigenvalue weighted by molar-refractivity contribution is 0.0125. The highest BCUT2D eigenvalue weighted by molar-refractivity contribution is 6.34. The molecular weight excluding hydrogens is 257 g/mol. The Balaban J connectivity index is 2.67. The van der Waals surface area contributed by atoms with E-state index in [0.29, 0.717) is 10.0 Å². The Hall–Kier alpha value is -0.280. The van der Waals surface area contributed by atoms with Crippen molar-refractivity contribution in [3.8, 4) is 0 Å². The van der Waals surface area contributed by atoms with Gasteiger partial charge in [0.25, 0.3) is 0 Å². The molecule has 0 amide bonds. The van der Waals surface area contributed by atoms with Crippen molar-refractivity contribution in [3.63, 3.8) is 0 Å². The van der Waals surface area contributed by atoms with E-state index in [4.69, 9.17) is 33.7 Å². The maximum Gasteiger partial charge on any atom is 0.0623 e. The molecule has 4 heteroatoms. The Morgan fingerprint density at radius 2 is 1.76 bits per heavy atom. The number of halogens is 2. The molecule has 0 radical (unpaired) electrons. The fourth-order valence-corrected chi connectivity index (χ4v) is 2.10. The van der Waals surface area contributed by atoms with Gasteiger partial charge in [-0.1, -0.05) is 23.2 Å². The number of ether oxygens (including phenoxy) is 1. The lowest BCUT2D eigenvalue weighted by Crippen LogP contribution is -2.24. The molecule has 2 N–H and O–H groups in total. The Kier molecular flexibility index (Phi) is 5.26. The third-order valence-corrected chi connectivity index (χ3v) is 3.36. The number of hydrogen-bond acceptors (Lipinski definition) is 2. The highest BCUT2D eigenvalue weighted by atomic mass is 35.5. The zero-order valence-electron chi connectivity index (χ0n) is 10.5. The van der Waals surface area contributed by atoms with E-state index in [2.05, 4.69) is 0 Å². The largest absolute Gasteiger partial charge is 0.379 e. The zero-order chi connectivity index (χ0) is 13.1. The van der Waals surface area contributed by atoms with Crippen molar-refractivity contribution in [1.29, 1.82) is 0 Å². The summed E-state index contributed by atoms with van der Waals surface area (Å²) in [4.78, 5) is 0.